The van der Waals surface area contributed by atoms with Gasteiger partial charge in [0.2, 0.25) is 6.79 Å². The molecular formula is C22H30IN3O3. The molecule has 2 aromatic rings. The van der Waals surface area contributed by atoms with Gasteiger partial charge in [-0.3, -0.25) is 4.99 Å². The Hall–Kier alpha value is -2.00. The molecule has 0 saturated carbocycles. The molecule has 0 fully saturated rings. The molecule has 0 aliphatic carbocycles. The smallest absolute Gasteiger partial charge is 0.231 e. The molecule has 0 unspecified atom stereocenters. The summed E-state index contributed by atoms with van der Waals surface area (Å²) in [6.07, 6.45) is 3.03. The van der Waals surface area contributed by atoms with Crippen molar-refractivity contribution in [2.24, 2.45) is 4.99 Å². The van der Waals surface area contributed by atoms with Crippen LogP contribution in [0.5, 0.6) is 11.5 Å². The van der Waals surface area contributed by atoms with Gasteiger partial charge in [-0.05, 0) is 42.5 Å². The third-order valence-corrected chi connectivity index (χ3v) is 4.51. The molecule has 7 heteroatoms. The molecule has 0 aromatic heterocycles. The topological polar surface area (TPSA) is 64.1 Å². The molecule has 1 aliphatic heterocycles. The van der Waals surface area contributed by atoms with Gasteiger partial charge in [-0.15, -0.1) is 24.0 Å². The van der Waals surface area contributed by atoms with Crippen molar-refractivity contribution in [1.82, 2.24) is 10.6 Å². The highest BCUT2D eigenvalue weighted by Crippen LogP contribution is 2.32. The maximum Gasteiger partial charge on any atom is 0.231 e. The Morgan fingerprint density at radius 2 is 1.79 bits per heavy atom. The Labute approximate surface area is 190 Å². The number of benzene rings is 2. The standard InChI is InChI=1S/C22H29N3O3.HI/c1-23-22(25-16-19-9-10-20-21(15-19)28-17-27-20)24-12-5-6-13-26-14-11-18-7-3-2-4-8-18;/h2-4,7-10,15H,5-6,11-14,16-17H2,1H3,(H2,23,24,25);1H. The molecule has 1 aliphatic rings. The summed E-state index contributed by atoms with van der Waals surface area (Å²) in [6, 6.07) is 16.4. The highest BCUT2D eigenvalue weighted by molar-refractivity contribution is 14.0. The molecule has 2 aromatic carbocycles. The molecule has 158 valence electrons. The molecule has 6 nitrogen and oxygen atoms in total. The lowest BCUT2D eigenvalue weighted by Crippen LogP contribution is -2.37. The van der Waals surface area contributed by atoms with Gasteiger partial charge >= 0.3 is 0 Å². The number of hydrogen-bond donors (Lipinski definition) is 2. The van der Waals surface area contributed by atoms with E-state index in [0.29, 0.717) is 13.3 Å². The first-order valence-corrected chi connectivity index (χ1v) is 9.80. The Morgan fingerprint density at radius 3 is 2.62 bits per heavy atom. The second kappa shape index (κ2) is 13.3. The van der Waals surface area contributed by atoms with Crippen LogP contribution in [0.4, 0.5) is 0 Å². The lowest BCUT2D eigenvalue weighted by atomic mass is 10.2. The zero-order chi connectivity index (χ0) is 19.4. The van der Waals surface area contributed by atoms with Crippen molar-refractivity contribution in [2.45, 2.75) is 25.8 Å². The fourth-order valence-electron chi connectivity index (χ4n) is 2.93. The van der Waals surface area contributed by atoms with Gasteiger partial charge in [-0.1, -0.05) is 36.4 Å². The summed E-state index contributed by atoms with van der Waals surface area (Å²) >= 11 is 0. The highest BCUT2D eigenvalue weighted by Gasteiger charge is 2.13. The van der Waals surface area contributed by atoms with Crippen molar-refractivity contribution < 1.29 is 14.2 Å². The van der Waals surface area contributed by atoms with Crippen LogP contribution in [-0.4, -0.2) is 39.6 Å². The molecular weight excluding hydrogens is 481 g/mol. The minimum Gasteiger partial charge on any atom is -0.454 e. The molecule has 0 amide bonds. The average Bonchev–Trinajstić information content (AvgIpc) is 3.21. The molecule has 1 heterocycles. The number of ether oxygens (including phenoxy) is 3. The largest absolute Gasteiger partial charge is 0.454 e. The zero-order valence-corrected chi connectivity index (χ0v) is 19.2. The van der Waals surface area contributed by atoms with E-state index in [1.807, 2.05) is 24.3 Å². The number of nitrogens with zero attached hydrogens (tertiary/aromatic N) is 1. The van der Waals surface area contributed by atoms with Crippen molar-refractivity contribution >= 4 is 29.9 Å². The molecule has 2 N–H and O–H groups in total. The second-order valence-corrected chi connectivity index (χ2v) is 6.60. The van der Waals surface area contributed by atoms with E-state index in [9.17, 15) is 0 Å². The van der Waals surface area contributed by atoms with Crippen molar-refractivity contribution in [3.05, 3.63) is 59.7 Å². The quantitative estimate of drug-likeness (QED) is 0.220. The van der Waals surface area contributed by atoms with Crippen LogP contribution in [0, 0.1) is 0 Å². The molecule has 0 atom stereocenters. The van der Waals surface area contributed by atoms with Crippen LogP contribution in [0.15, 0.2) is 53.5 Å². The number of nitrogens with one attached hydrogen (secondary N) is 2. The van der Waals surface area contributed by atoms with Crippen molar-refractivity contribution in [2.75, 3.05) is 33.6 Å². The summed E-state index contributed by atoms with van der Waals surface area (Å²) in [4.78, 5) is 4.26. The first-order valence-electron chi connectivity index (χ1n) is 9.80. The van der Waals surface area contributed by atoms with Crippen LogP contribution < -0.4 is 20.1 Å². The summed E-state index contributed by atoms with van der Waals surface area (Å²) in [5, 5.41) is 6.65. The first kappa shape index (κ1) is 23.3. The zero-order valence-electron chi connectivity index (χ0n) is 16.9. The van der Waals surface area contributed by atoms with E-state index in [4.69, 9.17) is 14.2 Å². The average molecular weight is 511 g/mol. The minimum absolute atomic E-state index is 0. The van der Waals surface area contributed by atoms with Gasteiger partial charge in [0.25, 0.3) is 0 Å². The number of rotatable bonds is 10. The summed E-state index contributed by atoms with van der Waals surface area (Å²) in [6.45, 7) is 3.40. The van der Waals surface area contributed by atoms with Gasteiger partial charge in [-0.2, -0.15) is 0 Å². The van der Waals surface area contributed by atoms with Crippen LogP contribution in [0.3, 0.4) is 0 Å². The third kappa shape index (κ3) is 8.10. The van der Waals surface area contributed by atoms with Crippen LogP contribution >= 0.6 is 24.0 Å². The van der Waals surface area contributed by atoms with E-state index in [1.54, 1.807) is 7.05 Å². The van der Waals surface area contributed by atoms with Gasteiger partial charge < -0.3 is 24.8 Å². The Bertz CT molecular complexity index is 756. The fraction of sp³-hybridized carbons (Fsp3) is 0.409. The Morgan fingerprint density at radius 1 is 0.966 bits per heavy atom. The SMILES string of the molecule is CN=C(NCCCCOCCc1ccccc1)NCc1ccc2c(c1)OCO2.I. The van der Waals surface area contributed by atoms with Crippen LogP contribution in [0.2, 0.25) is 0 Å². The number of halogens is 1. The lowest BCUT2D eigenvalue weighted by molar-refractivity contribution is 0.133. The highest BCUT2D eigenvalue weighted by atomic mass is 127. The fourth-order valence-corrected chi connectivity index (χ4v) is 2.93. The Balaban J connectivity index is 0.00000300. The maximum atomic E-state index is 5.72. The van der Waals surface area contributed by atoms with Crippen molar-refractivity contribution in [3.63, 3.8) is 0 Å². The molecule has 0 spiro atoms. The Kier molecular flexibility index (Phi) is 10.6. The van der Waals surface area contributed by atoms with Gasteiger partial charge in [-0.25, -0.2) is 0 Å². The molecule has 29 heavy (non-hydrogen) atoms. The van der Waals surface area contributed by atoms with E-state index in [-0.39, 0.29) is 24.0 Å². The molecule has 0 saturated heterocycles. The predicted octanol–water partition coefficient (Wildman–Crippen LogP) is 3.74. The van der Waals surface area contributed by atoms with Crippen molar-refractivity contribution in [1.29, 1.82) is 0 Å². The number of guanidine groups is 1. The number of aliphatic imine (C=N–C) groups is 1. The number of unbranched alkanes of at least 4 members (excludes halogenated alkanes) is 1. The maximum absolute atomic E-state index is 5.72. The van der Waals surface area contributed by atoms with E-state index < -0.39 is 0 Å². The third-order valence-electron chi connectivity index (χ3n) is 4.51. The van der Waals surface area contributed by atoms with Crippen LogP contribution in [-0.2, 0) is 17.7 Å². The summed E-state index contributed by atoms with van der Waals surface area (Å²) in [7, 11) is 1.78. The van der Waals surface area contributed by atoms with Gasteiger partial charge in [0, 0.05) is 26.7 Å². The van der Waals surface area contributed by atoms with Gasteiger partial charge in [0.1, 0.15) is 0 Å². The van der Waals surface area contributed by atoms with Crippen LogP contribution in [0.1, 0.15) is 24.0 Å². The normalized spacial score (nSPS) is 12.4. The monoisotopic (exact) mass is 511 g/mol. The number of hydrogen-bond acceptors (Lipinski definition) is 4. The van der Waals surface area contributed by atoms with E-state index in [1.165, 1.54) is 5.56 Å². The summed E-state index contributed by atoms with van der Waals surface area (Å²) in [5.74, 6) is 2.40. The lowest BCUT2D eigenvalue weighted by Gasteiger charge is -2.12. The second-order valence-electron chi connectivity index (χ2n) is 6.60. The predicted molar refractivity (Wildman–Crippen MR) is 126 cm³/mol. The summed E-state index contributed by atoms with van der Waals surface area (Å²) < 4.78 is 16.5. The van der Waals surface area contributed by atoms with Gasteiger partial charge in [0.05, 0.1) is 6.61 Å². The van der Waals surface area contributed by atoms with Gasteiger partial charge in [0.15, 0.2) is 17.5 Å². The van der Waals surface area contributed by atoms with E-state index >= 15 is 0 Å². The first-order chi connectivity index (χ1) is 13.8. The summed E-state index contributed by atoms with van der Waals surface area (Å²) in [5.41, 5.74) is 2.44. The molecule has 0 bridgehead atoms. The van der Waals surface area contributed by atoms with Crippen LogP contribution in [0.25, 0.3) is 0 Å². The molecule has 0 radical (unpaired) electrons. The van der Waals surface area contributed by atoms with E-state index in [2.05, 4.69) is 39.9 Å². The van der Waals surface area contributed by atoms with E-state index in [0.717, 1.165) is 62.0 Å². The van der Waals surface area contributed by atoms with Crippen molar-refractivity contribution in [3.8, 4) is 11.5 Å². The minimum atomic E-state index is 0. The number of fused-ring (bicyclic) bond motifs is 1. The molecule has 3 rings (SSSR count).